The smallest absolute Gasteiger partial charge is 0.101 e. The molecule has 3 aromatic carbocycles. The summed E-state index contributed by atoms with van der Waals surface area (Å²) in [5.74, 6) is 0. The molecule has 0 saturated carbocycles. The van der Waals surface area contributed by atoms with Crippen molar-refractivity contribution in [2.75, 3.05) is 0 Å². The maximum atomic E-state index is 9.05. The van der Waals surface area contributed by atoms with E-state index in [2.05, 4.69) is 76.3 Å². The van der Waals surface area contributed by atoms with Crippen LogP contribution in [0.5, 0.6) is 0 Å². The van der Waals surface area contributed by atoms with Crippen molar-refractivity contribution in [1.82, 2.24) is 9.55 Å². The summed E-state index contributed by atoms with van der Waals surface area (Å²) in [6.45, 7) is 0. The molecule has 0 amide bonds. The van der Waals surface area contributed by atoms with Crippen LogP contribution in [0.1, 0.15) is 5.56 Å². The van der Waals surface area contributed by atoms with Crippen LogP contribution in [0.4, 0.5) is 0 Å². The molecule has 0 radical (unpaired) electrons. The number of pyridine rings is 1. The van der Waals surface area contributed by atoms with Gasteiger partial charge in [0.1, 0.15) is 6.07 Å². The summed E-state index contributed by atoms with van der Waals surface area (Å²) in [6.07, 6.45) is 1.62. The zero-order valence-corrected chi connectivity index (χ0v) is 14.5. The van der Waals surface area contributed by atoms with E-state index >= 15 is 0 Å². The van der Waals surface area contributed by atoms with Gasteiger partial charge in [0.15, 0.2) is 0 Å². The zero-order chi connectivity index (χ0) is 18.2. The number of hydrogen-bond acceptors (Lipinski definition) is 2. The number of aromatic nitrogens is 2. The number of rotatable bonds is 2. The van der Waals surface area contributed by atoms with E-state index in [0.29, 0.717) is 5.56 Å². The number of hydrogen-bond donors (Lipinski definition) is 0. The predicted molar refractivity (Wildman–Crippen MR) is 109 cm³/mol. The molecule has 3 nitrogen and oxygen atoms in total. The molecule has 27 heavy (non-hydrogen) atoms. The summed E-state index contributed by atoms with van der Waals surface area (Å²) >= 11 is 0. The molecule has 2 heterocycles. The van der Waals surface area contributed by atoms with Crippen LogP contribution >= 0.6 is 0 Å². The summed E-state index contributed by atoms with van der Waals surface area (Å²) in [6, 6.07) is 31.0. The second kappa shape index (κ2) is 6.12. The Balaban J connectivity index is 1.85. The molecule has 0 bridgehead atoms. The van der Waals surface area contributed by atoms with Gasteiger partial charge in [-0.05, 0) is 30.3 Å². The molecular formula is C24H15N3. The molecule has 0 unspecified atom stereocenters. The van der Waals surface area contributed by atoms with Gasteiger partial charge >= 0.3 is 0 Å². The number of benzene rings is 3. The average molecular weight is 345 g/mol. The highest BCUT2D eigenvalue weighted by Crippen LogP contribution is 2.35. The van der Waals surface area contributed by atoms with Gasteiger partial charge in [-0.15, -0.1) is 0 Å². The lowest BCUT2D eigenvalue weighted by Gasteiger charge is -2.13. The molecule has 0 spiro atoms. The Morgan fingerprint density at radius 3 is 1.96 bits per heavy atom. The van der Waals surface area contributed by atoms with Crippen molar-refractivity contribution in [3.8, 4) is 23.0 Å². The molecule has 5 rings (SSSR count). The van der Waals surface area contributed by atoms with Crippen LogP contribution in [0.3, 0.4) is 0 Å². The molecule has 0 aliphatic carbocycles. The zero-order valence-electron chi connectivity index (χ0n) is 14.5. The molecule has 126 valence electrons. The summed E-state index contributed by atoms with van der Waals surface area (Å²) in [5.41, 5.74) is 5.86. The van der Waals surface area contributed by atoms with Crippen molar-refractivity contribution in [2.45, 2.75) is 0 Å². The number of nitriles is 1. The number of fused-ring (bicyclic) bond motifs is 3. The quantitative estimate of drug-likeness (QED) is 0.411. The molecule has 0 saturated heterocycles. The van der Waals surface area contributed by atoms with Crippen LogP contribution in [0.15, 0.2) is 91.1 Å². The van der Waals surface area contributed by atoms with E-state index in [4.69, 9.17) is 5.26 Å². The van der Waals surface area contributed by atoms with Crippen molar-refractivity contribution in [3.63, 3.8) is 0 Å². The largest absolute Gasteiger partial charge is 0.309 e. The van der Waals surface area contributed by atoms with Crippen LogP contribution in [-0.4, -0.2) is 9.55 Å². The van der Waals surface area contributed by atoms with Gasteiger partial charge < -0.3 is 4.57 Å². The SMILES string of the molecule is N#Cc1ccc(-c2ccccc2-n2c3ccccc3c3ccccc32)nc1. The highest BCUT2D eigenvalue weighted by atomic mass is 15.0. The maximum absolute atomic E-state index is 9.05. The van der Waals surface area contributed by atoms with Crippen molar-refractivity contribution < 1.29 is 0 Å². The lowest BCUT2D eigenvalue weighted by molar-refractivity contribution is 1.17. The standard InChI is InChI=1S/C24H15N3/c25-15-17-13-14-21(26-16-17)20-9-3-6-12-24(20)27-22-10-4-1-7-18(22)19-8-2-5-11-23(19)27/h1-14,16H. The van der Waals surface area contributed by atoms with Gasteiger partial charge in [0.2, 0.25) is 0 Å². The lowest BCUT2D eigenvalue weighted by atomic mass is 10.1. The first kappa shape index (κ1) is 15.4. The van der Waals surface area contributed by atoms with Gasteiger partial charge in [-0.25, -0.2) is 0 Å². The Hall–Kier alpha value is -3.90. The van der Waals surface area contributed by atoms with Crippen LogP contribution in [0.25, 0.3) is 38.8 Å². The third kappa shape index (κ3) is 2.39. The summed E-state index contributed by atoms with van der Waals surface area (Å²) in [7, 11) is 0. The third-order valence-corrected chi connectivity index (χ3v) is 4.89. The molecule has 5 aromatic rings. The van der Waals surface area contributed by atoms with E-state index in [-0.39, 0.29) is 0 Å². The third-order valence-electron chi connectivity index (χ3n) is 4.89. The molecule has 0 fully saturated rings. The van der Waals surface area contributed by atoms with Crippen molar-refractivity contribution in [3.05, 3.63) is 96.7 Å². The van der Waals surface area contributed by atoms with Gasteiger partial charge in [-0.3, -0.25) is 4.98 Å². The Kier molecular flexibility index (Phi) is 3.48. The number of para-hydroxylation sites is 3. The summed E-state index contributed by atoms with van der Waals surface area (Å²) < 4.78 is 2.29. The molecule has 2 aromatic heterocycles. The summed E-state index contributed by atoms with van der Waals surface area (Å²) in [5, 5.41) is 11.5. The van der Waals surface area contributed by atoms with Crippen LogP contribution in [0.2, 0.25) is 0 Å². The summed E-state index contributed by atoms with van der Waals surface area (Å²) in [4.78, 5) is 4.51. The molecule has 0 N–H and O–H groups in total. The topological polar surface area (TPSA) is 41.6 Å². The minimum Gasteiger partial charge on any atom is -0.309 e. The minimum atomic E-state index is 0.563. The van der Waals surface area contributed by atoms with Crippen LogP contribution < -0.4 is 0 Å². The molecular weight excluding hydrogens is 330 g/mol. The van der Waals surface area contributed by atoms with E-state index in [1.807, 2.05) is 24.3 Å². The monoisotopic (exact) mass is 345 g/mol. The predicted octanol–water partition coefficient (Wildman–Crippen LogP) is 5.72. The average Bonchev–Trinajstić information content (AvgIpc) is 3.08. The van der Waals surface area contributed by atoms with Crippen LogP contribution in [0, 0.1) is 11.3 Å². The Morgan fingerprint density at radius 1 is 0.704 bits per heavy atom. The molecule has 0 aliphatic rings. The van der Waals surface area contributed by atoms with E-state index in [1.54, 1.807) is 6.20 Å². The normalized spacial score (nSPS) is 10.9. The first-order valence-electron chi connectivity index (χ1n) is 8.81. The molecule has 0 aliphatic heterocycles. The Bertz CT molecular complexity index is 1270. The highest BCUT2D eigenvalue weighted by molar-refractivity contribution is 6.09. The second-order valence-corrected chi connectivity index (χ2v) is 6.43. The van der Waals surface area contributed by atoms with E-state index in [1.165, 1.54) is 21.8 Å². The Labute approximate surface area is 156 Å². The highest BCUT2D eigenvalue weighted by Gasteiger charge is 2.15. The minimum absolute atomic E-state index is 0.563. The molecule has 3 heteroatoms. The van der Waals surface area contributed by atoms with Crippen molar-refractivity contribution in [2.24, 2.45) is 0 Å². The maximum Gasteiger partial charge on any atom is 0.101 e. The van der Waals surface area contributed by atoms with Gasteiger partial charge in [0.05, 0.1) is 28.0 Å². The van der Waals surface area contributed by atoms with E-state index in [9.17, 15) is 0 Å². The fraction of sp³-hybridized carbons (Fsp3) is 0. The fourth-order valence-corrected chi connectivity index (χ4v) is 3.69. The molecule has 0 atom stereocenters. The lowest BCUT2D eigenvalue weighted by Crippen LogP contribution is -1.98. The van der Waals surface area contributed by atoms with Gasteiger partial charge in [0.25, 0.3) is 0 Å². The van der Waals surface area contributed by atoms with Crippen LogP contribution in [-0.2, 0) is 0 Å². The first-order valence-corrected chi connectivity index (χ1v) is 8.81. The van der Waals surface area contributed by atoms with Crippen molar-refractivity contribution >= 4 is 21.8 Å². The van der Waals surface area contributed by atoms with Gasteiger partial charge in [-0.1, -0.05) is 54.6 Å². The van der Waals surface area contributed by atoms with Gasteiger partial charge in [0, 0.05) is 22.5 Å². The Morgan fingerprint density at radius 2 is 1.33 bits per heavy atom. The van der Waals surface area contributed by atoms with E-state index in [0.717, 1.165) is 16.9 Å². The van der Waals surface area contributed by atoms with Gasteiger partial charge in [-0.2, -0.15) is 5.26 Å². The second-order valence-electron chi connectivity index (χ2n) is 6.43. The number of nitrogens with zero attached hydrogens (tertiary/aromatic N) is 3. The van der Waals surface area contributed by atoms with Crippen molar-refractivity contribution in [1.29, 1.82) is 5.26 Å². The first-order chi connectivity index (χ1) is 13.4. The fourth-order valence-electron chi connectivity index (χ4n) is 3.69. The van der Waals surface area contributed by atoms with E-state index < -0.39 is 0 Å².